The maximum atomic E-state index is 13.1. The van der Waals surface area contributed by atoms with Gasteiger partial charge in [0.25, 0.3) is 17.7 Å². The minimum Gasteiger partial charge on any atom is -0.489 e. The van der Waals surface area contributed by atoms with Crippen molar-refractivity contribution in [3.05, 3.63) is 113 Å². The number of amides is 5. The average molecular weight is 667 g/mol. The van der Waals surface area contributed by atoms with Gasteiger partial charge in [0.1, 0.15) is 11.8 Å². The van der Waals surface area contributed by atoms with Crippen LogP contribution in [0.25, 0.3) is 0 Å². The number of hydrogen-bond acceptors (Lipinski definition) is 8. The third-order valence-electron chi connectivity index (χ3n) is 6.86. The number of carbonyl (C=O) groups is 6. The number of rotatable bonds is 13. The van der Waals surface area contributed by atoms with Crippen LogP contribution in [0.15, 0.2) is 91.0 Å². The molecule has 4 aromatic carbocycles. The molecule has 0 saturated heterocycles. The fraction of sp³-hybridized carbons (Fsp3) is 0.143. The Labute approximate surface area is 280 Å². The second-order valence-corrected chi connectivity index (χ2v) is 11.1. The molecule has 49 heavy (non-hydrogen) atoms. The smallest absolute Gasteiger partial charge is 0.335 e. The molecule has 14 nitrogen and oxygen atoms in total. The molecule has 0 bridgehead atoms. The highest BCUT2D eigenvalue weighted by Crippen LogP contribution is 2.28. The molecule has 0 aromatic heterocycles. The van der Waals surface area contributed by atoms with Crippen molar-refractivity contribution in [2.45, 2.75) is 32.4 Å². The predicted octanol–water partition coefficient (Wildman–Crippen LogP) is 3.87. The largest absolute Gasteiger partial charge is 0.489 e. The number of primary amides is 1. The Bertz CT molecular complexity index is 1870. The summed E-state index contributed by atoms with van der Waals surface area (Å²) in [4.78, 5) is 74.4. The molecule has 0 aliphatic rings. The first-order chi connectivity index (χ1) is 23.3. The van der Waals surface area contributed by atoms with Gasteiger partial charge in [-0.3, -0.25) is 24.0 Å². The Morgan fingerprint density at radius 1 is 0.673 bits per heavy atom. The van der Waals surface area contributed by atoms with Crippen LogP contribution >= 0.6 is 0 Å². The van der Waals surface area contributed by atoms with Gasteiger partial charge < -0.3 is 42.6 Å². The fourth-order valence-corrected chi connectivity index (χ4v) is 4.43. The first-order valence-corrected chi connectivity index (χ1v) is 14.9. The van der Waals surface area contributed by atoms with Crippen LogP contribution in [0.5, 0.6) is 5.75 Å². The monoisotopic (exact) mass is 666 g/mol. The number of hydrogen-bond donors (Lipinski definition) is 7. The molecule has 0 spiro atoms. The lowest BCUT2D eigenvalue weighted by molar-refractivity contribution is -0.123. The summed E-state index contributed by atoms with van der Waals surface area (Å²) in [5.74, 6) is -3.93. The zero-order valence-corrected chi connectivity index (χ0v) is 26.5. The van der Waals surface area contributed by atoms with Crippen molar-refractivity contribution < 1.29 is 38.6 Å². The van der Waals surface area contributed by atoms with E-state index in [2.05, 4.69) is 21.3 Å². The number of nitrogen functional groups attached to an aromatic ring is 1. The Balaban J connectivity index is 1.42. The maximum absolute atomic E-state index is 13.1. The molecular weight excluding hydrogens is 632 g/mol. The van der Waals surface area contributed by atoms with Crippen molar-refractivity contribution in [1.29, 1.82) is 0 Å². The topological polar surface area (TPSA) is 232 Å². The molecule has 0 fully saturated rings. The Morgan fingerprint density at radius 2 is 1.18 bits per heavy atom. The fourth-order valence-electron chi connectivity index (χ4n) is 4.43. The standard InChI is InChI=1S/C35H34N6O8/c1-19(2)49-29-17-23(33(45)38-25-14-7-22(8-15-25)35(47)48)9-16-27(29)40-31(43)21-5-12-26(13-6-21)39-34(46)28(18-30(37)42)41-32(44)20-3-10-24(36)11-4-20/h3-17,19,28H,18,36H2,1-2H3,(H2,37,42)(H,38,45)(H,39,46)(H,40,43)(H,41,44)(H,47,48)/t28-/m0/s1. The lowest BCUT2D eigenvalue weighted by Crippen LogP contribution is -2.46. The van der Waals surface area contributed by atoms with Crippen LogP contribution in [0.1, 0.15) is 61.7 Å². The van der Waals surface area contributed by atoms with Gasteiger partial charge in [-0.1, -0.05) is 0 Å². The zero-order valence-electron chi connectivity index (χ0n) is 26.5. The van der Waals surface area contributed by atoms with Crippen LogP contribution in [-0.2, 0) is 9.59 Å². The summed E-state index contributed by atoms with van der Waals surface area (Å²) in [6.07, 6.45) is -0.746. The van der Waals surface area contributed by atoms with Crippen molar-refractivity contribution in [3.63, 3.8) is 0 Å². The number of carbonyl (C=O) groups excluding carboxylic acids is 5. The Hall–Kier alpha value is -6.70. The SMILES string of the molecule is CC(C)Oc1cc(C(=O)Nc2ccc(C(=O)O)cc2)ccc1NC(=O)c1ccc(NC(=O)[C@H](CC(N)=O)NC(=O)c2ccc(N)cc2)cc1. The van der Waals surface area contributed by atoms with Crippen LogP contribution < -0.4 is 37.5 Å². The van der Waals surface area contributed by atoms with E-state index in [1.807, 2.05) is 0 Å². The number of aromatic carboxylic acids is 1. The van der Waals surface area contributed by atoms with Crippen LogP contribution in [0, 0.1) is 0 Å². The van der Waals surface area contributed by atoms with E-state index >= 15 is 0 Å². The van der Waals surface area contributed by atoms with Gasteiger partial charge in [-0.2, -0.15) is 0 Å². The van der Waals surface area contributed by atoms with E-state index in [4.69, 9.17) is 21.3 Å². The Morgan fingerprint density at radius 3 is 1.76 bits per heavy atom. The molecule has 4 rings (SSSR count). The van der Waals surface area contributed by atoms with Gasteiger partial charge in [0.2, 0.25) is 11.8 Å². The highest BCUT2D eigenvalue weighted by Gasteiger charge is 2.24. The number of anilines is 4. The van der Waals surface area contributed by atoms with Crippen LogP contribution in [0.3, 0.4) is 0 Å². The van der Waals surface area contributed by atoms with Gasteiger partial charge in [-0.15, -0.1) is 0 Å². The summed E-state index contributed by atoms with van der Waals surface area (Å²) < 4.78 is 5.86. The van der Waals surface area contributed by atoms with E-state index in [0.717, 1.165) is 0 Å². The van der Waals surface area contributed by atoms with Crippen LogP contribution in [0.4, 0.5) is 22.7 Å². The number of carboxylic acids is 1. The number of nitrogens with two attached hydrogens (primary N) is 2. The summed E-state index contributed by atoms with van der Waals surface area (Å²) in [7, 11) is 0. The van der Waals surface area contributed by atoms with E-state index in [0.29, 0.717) is 17.1 Å². The third-order valence-corrected chi connectivity index (χ3v) is 6.86. The van der Waals surface area contributed by atoms with E-state index < -0.39 is 48.0 Å². The molecule has 0 aliphatic heterocycles. The highest BCUT2D eigenvalue weighted by molar-refractivity contribution is 6.08. The second-order valence-electron chi connectivity index (χ2n) is 11.1. The predicted molar refractivity (Wildman–Crippen MR) is 183 cm³/mol. The lowest BCUT2D eigenvalue weighted by atomic mass is 10.1. The van der Waals surface area contributed by atoms with Crippen LogP contribution in [0.2, 0.25) is 0 Å². The van der Waals surface area contributed by atoms with E-state index in [1.165, 1.54) is 91.0 Å². The molecule has 0 aliphatic carbocycles. The van der Waals surface area contributed by atoms with Gasteiger partial charge in [-0.25, -0.2) is 4.79 Å². The molecule has 14 heteroatoms. The minimum atomic E-state index is -1.27. The van der Waals surface area contributed by atoms with Crippen molar-refractivity contribution in [2.24, 2.45) is 5.73 Å². The number of carboxylic acid groups (broad SMARTS) is 1. The summed E-state index contributed by atoms with van der Waals surface area (Å²) >= 11 is 0. The van der Waals surface area contributed by atoms with Gasteiger partial charge in [-0.05, 0) is 105 Å². The van der Waals surface area contributed by atoms with Crippen molar-refractivity contribution >= 4 is 58.3 Å². The number of benzene rings is 4. The third kappa shape index (κ3) is 9.89. The maximum Gasteiger partial charge on any atom is 0.335 e. The quantitative estimate of drug-likeness (QED) is 0.103. The van der Waals surface area contributed by atoms with Gasteiger partial charge >= 0.3 is 5.97 Å². The van der Waals surface area contributed by atoms with Crippen molar-refractivity contribution in [3.8, 4) is 5.75 Å². The van der Waals surface area contributed by atoms with Crippen LogP contribution in [-0.4, -0.2) is 52.8 Å². The van der Waals surface area contributed by atoms with Gasteiger partial charge in [0.05, 0.1) is 23.8 Å². The molecule has 1 atom stereocenters. The summed E-state index contributed by atoms with van der Waals surface area (Å²) in [6.45, 7) is 3.57. The zero-order chi connectivity index (χ0) is 35.7. The summed E-state index contributed by atoms with van der Waals surface area (Å²) in [6, 6.07) is 20.8. The Kier molecular flexibility index (Phi) is 11.3. The second kappa shape index (κ2) is 15.7. The van der Waals surface area contributed by atoms with Gasteiger partial charge in [0, 0.05) is 33.8 Å². The molecule has 5 amide bonds. The van der Waals surface area contributed by atoms with E-state index in [9.17, 15) is 28.8 Å². The van der Waals surface area contributed by atoms with Crippen molar-refractivity contribution in [2.75, 3.05) is 21.7 Å². The number of nitrogens with one attached hydrogen (secondary N) is 4. The molecule has 0 radical (unpaired) electrons. The van der Waals surface area contributed by atoms with Crippen molar-refractivity contribution in [1.82, 2.24) is 5.32 Å². The normalized spacial score (nSPS) is 11.2. The number of ether oxygens (including phenoxy) is 1. The lowest BCUT2D eigenvalue weighted by Gasteiger charge is -2.18. The molecule has 0 heterocycles. The molecule has 0 saturated carbocycles. The highest BCUT2D eigenvalue weighted by atomic mass is 16.5. The van der Waals surface area contributed by atoms with Gasteiger partial charge in [0.15, 0.2) is 0 Å². The minimum absolute atomic E-state index is 0.0790. The first kappa shape index (κ1) is 35.2. The molecule has 4 aromatic rings. The average Bonchev–Trinajstić information content (AvgIpc) is 3.05. The van der Waals surface area contributed by atoms with E-state index in [1.54, 1.807) is 13.8 Å². The molecular formula is C35H34N6O8. The summed E-state index contributed by atoms with van der Waals surface area (Å²) in [5, 5.41) is 19.6. The molecule has 252 valence electrons. The molecule has 0 unspecified atom stereocenters. The molecule has 9 N–H and O–H groups in total. The first-order valence-electron chi connectivity index (χ1n) is 14.9. The van der Waals surface area contributed by atoms with E-state index in [-0.39, 0.29) is 39.8 Å². The summed E-state index contributed by atoms with van der Waals surface area (Å²) in [5.41, 5.74) is 13.2.